The van der Waals surface area contributed by atoms with Gasteiger partial charge in [-0.05, 0) is 37.6 Å². The molecule has 5 nitrogen and oxygen atoms in total. The topological polar surface area (TPSA) is 59.8 Å². The summed E-state index contributed by atoms with van der Waals surface area (Å²) in [5, 5.41) is 11.7. The lowest BCUT2D eigenvalue weighted by Gasteiger charge is -2.09. The molecule has 0 atom stereocenters. The Kier molecular flexibility index (Phi) is 3.81. The van der Waals surface area contributed by atoms with Crippen molar-refractivity contribution in [2.45, 2.75) is 20.4 Å². The number of para-hydroxylation sites is 1. The number of nitrogens with one attached hydrogen (secondary N) is 1. The van der Waals surface area contributed by atoms with E-state index in [0.29, 0.717) is 18.1 Å². The van der Waals surface area contributed by atoms with Gasteiger partial charge in [-0.15, -0.1) is 10.2 Å². The van der Waals surface area contributed by atoms with E-state index in [0.717, 1.165) is 16.5 Å². The van der Waals surface area contributed by atoms with Crippen molar-refractivity contribution in [2.75, 3.05) is 5.32 Å². The monoisotopic (exact) mass is 314 g/mol. The van der Waals surface area contributed by atoms with Gasteiger partial charge < -0.3 is 9.88 Å². The van der Waals surface area contributed by atoms with Gasteiger partial charge in [0.05, 0.1) is 0 Å². The molecular weight excluding hydrogens is 300 g/mol. The van der Waals surface area contributed by atoms with E-state index in [-0.39, 0.29) is 11.1 Å². The van der Waals surface area contributed by atoms with Crippen LogP contribution in [-0.2, 0) is 6.54 Å². The highest BCUT2D eigenvalue weighted by atomic mass is 35.5. The van der Waals surface area contributed by atoms with Crippen LogP contribution in [0.15, 0.2) is 36.4 Å². The van der Waals surface area contributed by atoms with Crippen molar-refractivity contribution >= 4 is 34.2 Å². The van der Waals surface area contributed by atoms with Gasteiger partial charge in [-0.25, -0.2) is 0 Å². The van der Waals surface area contributed by atoms with Crippen LogP contribution in [0.4, 0.5) is 5.82 Å². The Balaban J connectivity index is 2.03. The molecule has 0 saturated heterocycles. The fraction of sp³-hybridized carbons (Fsp3) is 0.188. The van der Waals surface area contributed by atoms with E-state index in [4.69, 9.17) is 11.6 Å². The van der Waals surface area contributed by atoms with Crippen molar-refractivity contribution in [1.29, 1.82) is 0 Å². The molecule has 1 amide bonds. The van der Waals surface area contributed by atoms with Gasteiger partial charge in [-0.2, -0.15) is 0 Å². The predicted octanol–water partition coefficient (Wildman–Crippen LogP) is 3.67. The Hall–Kier alpha value is -2.40. The summed E-state index contributed by atoms with van der Waals surface area (Å²) in [7, 11) is 0. The Bertz CT molecular complexity index is 839. The second kappa shape index (κ2) is 5.77. The van der Waals surface area contributed by atoms with Crippen LogP contribution in [0, 0.1) is 6.92 Å². The molecule has 0 unspecified atom stereocenters. The first-order chi connectivity index (χ1) is 10.6. The van der Waals surface area contributed by atoms with Crippen LogP contribution >= 0.6 is 11.6 Å². The molecule has 112 valence electrons. The van der Waals surface area contributed by atoms with Crippen molar-refractivity contribution in [3.05, 3.63) is 52.8 Å². The summed E-state index contributed by atoms with van der Waals surface area (Å²) in [5.74, 6) is 0.175. The number of aromatic nitrogens is 3. The molecule has 1 aromatic carbocycles. The lowest BCUT2D eigenvalue weighted by atomic mass is 10.1. The van der Waals surface area contributed by atoms with Gasteiger partial charge in [-0.1, -0.05) is 29.8 Å². The maximum Gasteiger partial charge on any atom is 0.273 e. The van der Waals surface area contributed by atoms with E-state index < -0.39 is 0 Å². The quantitative estimate of drug-likeness (QED) is 0.802. The molecule has 3 aromatic rings. The van der Waals surface area contributed by atoms with E-state index >= 15 is 0 Å². The normalized spacial score (nSPS) is 10.9. The Morgan fingerprint density at radius 3 is 2.68 bits per heavy atom. The molecule has 0 fully saturated rings. The van der Waals surface area contributed by atoms with Crippen LogP contribution in [0.5, 0.6) is 0 Å². The minimum absolute atomic E-state index is 0.202. The number of anilines is 1. The van der Waals surface area contributed by atoms with Crippen LogP contribution in [-0.4, -0.2) is 20.7 Å². The second-order valence-electron chi connectivity index (χ2n) is 4.93. The maximum absolute atomic E-state index is 12.6. The molecule has 0 spiro atoms. The summed E-state index contributed by atoms with van der Waals surface area (Å²) in [6, 6.07) is 11.2. The number of hydrogen-bond acceptors (Lipinski definition) is 3. The van der Waals surface area contributed by atoms with E-state index in [1.54, 1.807) is 12.1 Å². The summed E-state index contributed by atoms with van der Waals surface area (Å²) in [6.07, 6.45) is 0. The molecule has 0 bridgehead atoms. The molecule has 0 aliphatic heterocycles. The number of nitrogens with zero attached hydrogens (tertiary/aromatic N) is 3. The number of hydrogen-bond donors (Lipinski definition) is 1. The highest BCUT2D eigenvalue weighted by Gasteiger charge is 2.19. The summed E-state index contributed by atoms with van der Waals surface area (Å²) in [4.78, 5) is 12.6. The minimum Gasteiger partial charge on any atom is -0.337 e. The third-order valence-electron chi connectivity index (χ3n) is 3.63. The first-order valence-electron chi connectivity index (χ1n) is 7.00. The van der Waals surface area contributed by atoms with E-state index in [9.17, 15) is 4.79 Å². The lowest BCUT2D eigenvalue weighted by molar-refractivity contribution is 0.101. The van der Waals surface area contributed by atoms with Gasteiger partial charge >= 0.3 is 0 Å². The zero-order valence-electron chi connectivity index (χ0n) is 12.3. The number of amides is 1. The van der Waals surface area contributed by atoms with Gasteiger partial charge in [0.25, 0.3) is 5.91 Å². The third-order valence-corrected chi connectivity index (χ3v) is 3.83. The lowest BCUT2D eigenvalue weighted by Crippen LogP contribution is -2.18. The Morgan fingerprint density at radius 1 is 1.23 bits per heavy atom. The number of rotatable bonds is 3. The van der Waals surface area contributed by atoms with Crippen LogP contribution in [0.25, 0.3) is 10.9 Å². The van der Waals surface area contributed by atoms with Crippen LogP contribution < -0.4 is 5.32 Å². The fourth-order valence-corrected chi connectivity index (χ4v) is 2.76. The highest BCUT2D eigenvalue weighted by molar-refractivity contribution is 6.29. The van der Waals surface area contributed by atoms with Crippen LogP contribution in [0.3, 0.4) is 0 Å². The minimum atomic E-state index is -0.202. The summed E-state index contributed by atoms with van der Waals surface area (Å²) in [6.45, 7) is 4.69. The first kappa shape index (κ1) is 14.5. The number of benzene rings is 1. The molecule has 22 heavy (non-hydrogen) atoms. The first-order valence-corrected chi connectivity index (χ1v) is 7.38. The number of fused-ring (bicyclic) bond motifs is 1. The van der Waals surface area contributed by atoms with Gasteiger partial charge in [0, 0.05) is 17.4 Å². The molecule has 0 aliphatic rings. The van der Waals surface area contributed by atoms with E-state index in [1.807, 2.05) is 42.7 Å². The average Bonchev–Trinajstić information content (AvgIpc) is 2.82. The number of aryl methyl sites for hydroxylation is 2. The fourth-order valence-electron chi connectivity index (χ4n) is 2.66. The SMILES string of the molecule is CCn1c(C(=O)Nc2ccc(Cl)nn2)c(C)c2ccccc21. The van der Waals surface area contributed by atoms with Gasteiger partial charge in [0.1, 0.15) is 5.69 Å². The second-order valence-corrected chi connectivity index (χ2v) is 5.32. The molecular formula is C16H15ClN4O. The van der Waals surface area contributed by atoms with Crippen LogP contribution in [0.2, 0.25) is 5.15 Å². The molecule has 2 heterocycles. The zero-order chi connectivity index (χ0) is 15.7. The third kappa shape index (κ3) is 2.44. The number of carbonyl (C=O) groups excluding carboxylic acids is 1. The van der Waals surface area contributed by atoms with Crippen molar-refractivity contribution in [1.82, 2.24) is 14.8 Å². The molecule has 0 aliphatic carbocycles. The molecule has 0 saturated carbocycles. The molecule has 3 rings (SSSR count). The Morgan fingerprint density at radius 2 is 2.00 bits per heavy atom. The summed E-state index contributed by atoms with van der Waals surface area (Å²) in [5.41, 5.74) is 2.65. The van der Waals surface area contributed by atoms with E-state index in [2.05, 4.69) is 15.5 Å². The average molecular weight is 315 g/mol. The van der Waals surface area contributed by atoms with Gasteiger partial charge in [0.15, 0.2) is 11.0 Å². The van der Waals surface area contributed by atoms with Crippen LogP contribution in [0.1, 0.15) is 23.0 Å². The van der Waals surface area contributed by atoms with Gasteiger partial charge in [-0.3, -0.25) is 4.79 Å². The largest absolute Gasteiger partial charge is 0.337 e. The molecule has 6 heteroatoms. The number of halogens is 1. The zero-order valence-corrected chi connectivity index (χ0v) is 13.1. The summed E-state index contributed by atoms with van der Waals surface area (Å²) >= 11 is 5.70. The smallest absolute Gasteiger partial charge is 0.273 e. The van der Waals surface area contributed by atoms with Gasteiger partial charge in [0.2, 0.25) is 0 Å². The maximum atomic E-state index is 12.6. The van der Waals surface area contributed by atoms with Crippen molar-refractivity contribution < 1.29 is 4.79 Å². The van der Waals surface area contributed by atoms with Crippen molar-refractivity contribution in [3.8, 4) is 0 Å². The number of carbonyl (C=O) groups is 1. The Labute approximate surface area is 132 Å². The predicted molar refractivity (Wildman–Crippen MR) is 87.3 cm³/mol. The van der Waals surface area contributed by atoms with Crippen molar-refractivity contribution in [2.24, 2.45) is 0 Å². The van der Waals surface area contributed by atoms with Crippen molar-refractivity contribution in [3.63, 3.8) is 0 Å². The van der Waals surface area contributed by atoms with E-state index in [1.165, 1.54) is 0 Å². The highest BCUT2D eigenvalue weighted by Crippen LogP contribution is 2.26. The molecule has 0 radical (unpaired) electrons. The molecule has 2 aromatic heterocycles. The molecule has 1 N–H and O–H groups in total. The summed E-state index contributed by atoms with van der Waals surface area (Å²) < 4.78 is 2.00. The standard InChI is InChI=1S/C16H15ClN4O/c1-3-21-12-7-5-4-6-11(12)10(2)15(21)16(22)18-14-9-8-13(17)19-20-14/h4-9H,3H2,1-2H3,(H,18,20,22).